The van der Waals surface area contributed by atoms with Crippen molar-refractivity contribution in [1.82, 2.24) is 9.47 Å². The molecule has 1 saturated heterocycles. The molecule has 0 unspecified atom stereocenters. The molecule has 4 rings (SSSR count). The molecule has 0 radical (unpaired) electrons. The number of hydrogen-bond donors (Lipinski definition) is 0. The van der Waals surface area contributed by atoms with Crippen molar-refractivity contribution >= 4 is 40.3 Å². The number of para-hydroxylation sites is 1. The number of rotatable bonds is 6. The number of nitrogens with zero attached hydrogens (tertiary/aromatic N) is 4. The number of aromatic nitrogens is 1. The Labute approximate surface area is 187 Å². The van der Waals surface area contributed by atoms with Gasteiger partial charge in [-0.3, -0.25) is 9.69 Å². The molecule has 2 heterocycles. The molecule has 5 nitrogen and oxygen atoms in total. The topological polar surface area (TPSA) is 40.8 Å². The fourth-order valence-corrected chi connectivity index (χ4v) is 4.43. The van der Waals surface area contributed by atoms with E-state index in [1.54, 1.807) is 4.90 Å². The van der Waals surface area contributed by atoms with Crippen LogP contribution >= 0.6 is 11.8 Å². The SMILES string of the molecule is CCCN1C(=O)/C(=C/c2cccn2-c2ccc(N(C)C)cc2)SC1=Nc1ccccc1. The monoisotopic (exact) mass is 430 g/mol. The Kier molecular flexibility index (Phi) is 6.28. The van der Waals surface area contributed by atoms with E-state index in [0.29, 0.717) is 11.4 Å². The summed E-state index contributed by atoms with van der Waals surface area (Å²) in [5.41, 5.74) is 4.02. The lowest BCUT2D eigenvalue weighted by molar-refractivity contribution is -0.122. The van der Waals surface area contributed by atoms with Crippen molar-refractivity contribution in [3.8, 4) is 5.69 Å². The zero-order valence-corrected chi connectivity index (χ0v) is 18.8. The van der Waals surface area contributed by atoms with E-state index in [2.05, 4.69) is 40.7 Å². The summed E-state index contributed by atoms with van der Waals surface area (Å²) in [5, 5.41) is 0.734. The number of carbonyl (C=O) groups is 1. The molecule has 0 saturated carbocycles. The molecule has 3 aromatic rings. The summed E-state index contributed by atoms with van der Waals surface area (Å²) in [7, 11) is 4.06. The van der Waals surface area contributed by atoms with Gasteiger partial charge in [-0.1, -0.05) is 25.1 Å². The van der Waals surface area contributed by atoms with Gasteiger partial charge in [0.15, 0.2) is 5.17 Å². The van der Waals surface area contributed by atoms with E-state index in [1.165, 1.54) is 11.8 Å². The van der Waals surface area contributed by atoms with Gasteiger partial charge in [0.2, 0.25) is 0 Å². The standard InChI is InChI=1S/C25H26N4OS/c1-4-16-29-24(30)23(31-25(29)26-19-9-6-5-7-10-19)18-22-11-8-17-28(22)21-14-12-20(13-15-21)27(2)3/h5-15,17-18H,4,16H2,1-3H3/b23-18-,26-25?. The smallest absolute Gasteiger partial charge is 0.266 e. The summed E-state index contributed by atoms with van der Waals surface area (Å²) in [6, 6.07) is 22.2. The van der Waals surface area contributed by atoms with Gasteiger partial charge in [-0.2, -0.15) is 0 Å². The Morgan fingerprint density at radius 2 is 1.74 bits per heavy atom. The number of aliphatic imine (C=N–C) groups is 1. The van der Waals surface area contributed by atoms with Crippen LogP contribution in [0.5, 0.6) is 0 Å². The summed E-state index contributed by atoms with van der Waals surface area (Å²) >= 11 is 1.44. The molecule has 0 atom stereocenters. The molecule has 1 aromatic heterocycles. The second kappa shape index (κ2) is 9.27. The molecule has 1 aliphatic rings. The first-order valence-electron chi connectivity index (χ1n) is 10.4. The summed E-state index contributed by atoms with van der Waals surface area (Å²) in [6.45, 7) is 2.73. The van der Waals surface area contributed by atoms with Crippen LogP contribution in [0.3, 0.4) is 0 Å². The summed E-state index contributed by atoms with van der Waals surface area (Å²) in [4.78, 5) is 22.4. The molecule has 1 aliphatic heterocycles. The van der Waals surface area contributed by atoms with Gasteiger partial charge in [0.05, 0.1) is 10.6 Å². The largest absolute Gasteiger partial charge is 0.378 e. The molecule has 31 heavy (non-hydrogen) atoms. The minimum Gasteiger partial charge on any atom is -0.378 e. The van der Waals surface area contributed by atoms with Gasteiger partial charge < -0.3 is 9.47 Å². The number of benzene rings is 2. The average molecular weight is 431 g/mol. The van der Waals surface area contributed by atoms with Crippen molar-refractivity contribution in [3.63, 3.8) is 0 Å². The van der Waals surface area contributed by atoms with E-state index >= 15 is 0 Å². The number of anilines is 1. The van der Waals surface area contributed by atoms with Crippen molar-refractivity contribution in [3.05, 3.63) is 83.5 Å². The molecule has 2 aromatic carbocycles. The van der Waals surface area contributed by atoms with Crippen LogP contribution in [0.25, 0.3) is 11.8 Å². The van der Waals surface area contributed by atoms with Crippen molar-refractivity contribution < 1.29 is 4.79 Å². The van der Waals surface area contributed by atoms with E-state index in [9.17, 15) is 4.79 Å². The Bertz CT molecular complexity index is 1110. The van der Waals surface area contributed by atoms with E-state index in [1.807, 2.05) is 68.8 Å². The van der Waals surface area contributed by atoms with Crippen LogP contribution in [0.15, 0.2) is 82.8 Å². The van der Waals surface area contributed by atoms with Gasteiger partial charge in [-0.25, -0.2) is 4.99 Å². The van der Waals surface area contributed by atoms with E-state index in [0.717, 1.165) is 34.3 Å². The molecule has 158 valence electrons. The van der Waals surface area contributed by atoms with Crippen LogP contribution in [0.1, 0.15) is 19.0 Å². The van der Waals surface area contributed by atoms with Crippen LogP contribution in [0.4, 0.5) is 11.4 Å². The fraction of sp³-hybridized carbons (Fsp3) is 0.200. The first kappa shape index (κ1) is 21.0. The van der Waals surface area contributed by atoms with Crippen molar-refractivity contribution in [2.75, 3.05) is 25.5 Å². The first-order valence-corrected chi connectivity index (χ1v) is 11.2. The number of amides is 1. The molecular formula is C25H26N4OS. The highest BCUT2D eigenvalue weighted by molar-refractivity contribution is 8.18. The normalized spacial score (nSPS) is 16.5. The first-order chi connectivity index (χ1) is 15.1. The average Bonchev–Trinajstić information content (AvgIpc) is 3.35. The zero-order chi connectivity index (χ0) is 21.8. The van der Waals surface area contributed by atoms with E-state index in [4.69, 9.17) is 4.99 Å². The fourth-order valence-electron chi connectivity index (χ4n) is 3.42. The van der Waals surface area contributed by atoms with E-state index < -0.39 is 0 Å². The Morgan fingerprint density at radius 3 is 2.42 bits per heavy atom. The maximum Gasteiger partial charge on any atom is 0.266 e. The number of carbonyl (C=O) groups excluding carboxylic acids is 1. The second-order valence-electron chi connectivity index (χ2n) is 7.51. The lowest BCUT2D eigenvalue weighted by atomic mass is 10.2. The Hall–Kier alpha value is -3.25. The van der Waals surface area contributed by atoms with Crippen molar-refractivity contribution in [2.45, 2.75) is 13.3 Å². The molecule has 0 N–H and O–H groups in total. The van der Waals surface area contributed by atoms with Gasteiger partial charge >= 0.3 is 0 Å². The van der Waals surface area contributed by atoms with Crippen LogP contribution in [0, 0.1) is 0 Å². The van der Waals surface area contributed by atoms with Crippen LogP contribution in [-0.4, -0.2) is 41.2 Å². The molecule has 6 heteroatoms. The van der Waals surface area contributed by atoms with Crippen LogP contribution in [-0.2, 0) is 4.79 Å². The van der Waals surface area contributed by atoms with Crippen molar-refractivity contribution in [1.29, 1.82) is 0 Å². The van der Waals surface area contributed by atoms with E-state index in [-0.39, 0.29) is 5.91 Å². The third-order valence-electron chi connectivity index (χ3n) is 5.02. The minimum absolute atomic E-state index is 0.0113. The van der Waals surface area contributed by atoms with Gasteiger partial charge in [0.25, 0.3) is 5.91 Å². The van der Waals surface area contributed by atoms with Crippen molar-refractivity contribution in [2.24, 2.45) is 4.99 Å². The molecular weight excluding hydrogens is 404 g/mol. The maximum absolute atomic E-state index is 13.1. The Balaban J connectivity index is 1.66. The minimum atomic E-state index is 0.0113. The summed E-state index contributed by atoms with van der Waals surface area (Å²) < 4.78 is 2.09. The molecule has 1 amide bonds. The van der Waals surface area contributed by atoms with Gasteiger partial charge in [-0.05, 0) is 72.8 Å². The highest BCUT2D eigenvalue weighted by Gasteiger charge is 2.33. The van der Waals surface area contributed by atoms with Gasteiger partial charge in [0.1, 0.15) is 0 Å². The molecule has 1 fully saturated rings. The Morgan fingerprint density at radius 1 is 1.00 bits per heavy atom. The lowest BCUT2D eigenvalue weighted by Gasteiger charge is -2.14. The number of amidine groups is 1. The third kappa shape index (κ3) is 4.59. The molecule has 0 aliphatic carbocycles. The predicted octanol–water partition coefficient (Wildman–Crippen LogP) is 5.56. The number of hydrogen-bond acceptors (Lipinski definition) is 4. The third-order valence-corrected chi connectivity index (χ3v) is 6.03. The van der Waals surface area contributed by atoms with Crippen LogP contribution in [0.2, 0.25) is 0 Å². The summed E-state index contributed by atoms with van der Waals surface area (Å²) in [5.74, 6) is 0.0113. The number of thioether (sulfide) groups is 1. The molecule has 0 bridgehead atoms. The quantitative estimate of drug-likeness (QED) is 0.481. The summed E-state index contributed by atoms with van der Waals surface area (Å²) in [6.07, 6.45) is 4.86. The second-order valence-corrected chi connectivity index (χ2v) is 8.52. The van der Waals surface area contributed by atoms with Crippen LogP contribution < -0.4 is 4.90 Å². The van der Waals surface area contributed by atoms with Gasteiger partial charge in [-0.15, -0.1) is 0 Å². The molecule has 0 spiro atoms. The predicted molar refractivity (Wildman–Crippen MR) is 131 cm³/mol. The van der Waals surface area contributed by atoms with Gasteiger partial charge in [0, 0.05) is 43.9 Å². The lowest BCUT2D eigenvalue weighted by Crippen LogP contribution is -2.29. The maximum atomic E-state index is 13.1. The zero-order valence-electron chi connectivity index (χ0n) is 18.0. The highest BCUT2D eigenvalue weighted by atomic mass is 32.2. The highest BCUT2D eigenvalue weighted by Crippen LogP contribution is 2.34.